The van der Waals surface area contributed by atoms with E-state index in [1.165, 1.54) is 12.1 Å². The topological polar surface area (TPSA) is 55.7 Å². The van der Waals surface area contributed by atoms with E-state index in [0.717, 1.165) is 5.56 Å². The van der Waals surface area contributed by atoms with Crippen LogP contribution in [-0.2, 0) is 14.4 Å². The molecule has 0 bridgehead atoms. The lowest BCUT2D eigenvalue weighted by Gasteiger charge is -2.02. The second-order valence-electron chi connectivity index (χ2n) is 3.34. The third-order valence-electron chi connectivity index (χ3n) is 1.72. The highest BCUT2D eigenvalue weighted by molar-refractivity contribution is 7.86. The Balaban J connectivity index is 2.99. The first-order valence-corrected chi connectivity index (χ1v) is 6.04. The Bertz CT molecular complexity index is 497. The van der Waals surface area contributed by atoms with Crippen LogP contribution < -0.4 is 0 Å². The van der Waals surface area contributed by atoms with E-state index in [1.807, 2.05) is 0 Å². The first-order chi connectivity index (χ1) is 7.45. The fourth-order valence-corrected chi connectivity index (χ4v) is 1.74. The van der Waals surface area contributed by atoms with Crippen LogP contribution in [0.1, 0.15) is 19.4 Å². The van der Waals surface area contributed by atoms with Gasteiger partial charge in [-0.05, 0) is 31.5 Å². The van der Waals surface area contributed by atoms with Gasteiger partial charge in [0.05, 0.1) is 5.71 Å². The van der Waals surface area contributed by atoms with Gasteiger partial charge in [-0.1, -0.05) is 29.9 Å². The summed E-state index contributed by atoms with van der Waals surface area (Å²) in [6.45, 7) is 6.88. The van der Waals surface area contributed by atoms with Crippen molar-refractivity contribution in [3.8, 4) is 0 Å². The van der Waals surface area contributed by atoms with Crippen molar-refractivity contribution in [2.24, 2.45) is 5.16 Å². The van der Waals surface area contributed by atoms with E-state index in [1.54, 1.807) is 32.1 Å². The molecule has 4 nitrogen and oxygen atoms in total. The van der Waals surface area contributed by atoms with E-state index >= 15 is 0 Å². The minimum absolute atomic E-state index is 0.0723. The summed E-state index contributed by atoms with van der Waals surface area (Å²) in [6, 6.07) is 6.19. The quantitative estimate of drug-likeness (QED) is 0.599. The number of oxime groups is 1. The van der Waals surface area contributed by atoms with Gasteiger partial charge in [0.25, 0.3) is 0 Å². The van der Waals surface area contributed by atoms with Gasteiger partial charge in [0.1, 0.15) is 4.90 Å². The lowest BCUT2D eigenvalue weighted by atomic mass is 10.2. The molecule has 0 aromatic heterocycles. The monoisotopic (exact) mass is 239 g/mol. The fraction of sp³-hybridized carbons (Fsp3) is 0.182. The predicted molar refractivity (Wildman–Crippen MR) is 63.6 cm³/mol. The van der Waals surface area contributed by atoms with Crippen LogP contribution in [0, 0.1) is 0 Å². The minimum Gasteiger partial charge on any atom is -0.265 e. The molecule has 0 aliphatic carbocycles. The SMILES string of the molecule is C=Cc1ccc(S(=O)(=O)ON=C(C)C)cc1. The van der Waals surface area contributed by atoms with Crippen LogP contribution in [0.4, 0.5) is 0 Å². The molecule has 86 valence electrons. The third-order valence-corrected chi connectivity index (χ3v) is 2.84. The van der Waals surface area contributed by atoms with Crippen molar-refractivity contribution < 1.29 is 12.7 Å². The van der Waals surface area contributed by atoms with E-state index in [4.69, 9.17) is 0 Å². The van der Waals surface area contributed by atoms with Gasteiger partial charge in [0, 0.05) is 0 Å². The summed E-state index contributed by atoms with van der Waals surface area (Å²) in [7, 11) is -3.80. The summed E-state index contributed by atoms with van der Waals surface area (Å²) in [6.07, 6.45) is 1.63. The summed E-state index contributed by atoms with van der Waals surface area (Å²) < 4.78 is 27.6. The van der Waals surface area contributed by atoms with Crippen molar-refractivity contribution in [1.29, 1.82) is 0 Å². The maximum absolute atomic E-state index is 11.6. The number of benzene rings is 1. The van der Waals surface area contributed by atoms with Crippen LogP contribution in [0.15, 0.2) is 40.9 Å². The second kappa shape index (κ2) is 4.94. The van der Waals surface area contributed by atoms with Gasteiger partial charge in [0.2, 0.25) is 0 Å². The zero-order valence-corrected chi connectivity index (χ0v) is 9.99. The van der Waals surface area contributed by atoms with Crippen LogP contribution in [0.2, 0.25) is 0 Å². The Morgan fingerprint density at radius 1 is 1.31 bits per heavy atom. The molecule has 0 atom stereocenters. The Kier molecular flexibility index (Phi) is 3.84. The molecule has 0 aliphatic rings. The molecule has 0 saturated carbocycles. The molecule has 0 N–H and O–H groups in total. The molecule has 5 heteroatoms. The number of hydrogen-bond donors (Lipinski definition) is 0. The zero-order chi connectivity index (χ0) is 12.2. The van der Waals surface area contributed by atoms with Crippen LogP contribution in [0.25, 0.3) is 6.08 Å². The molecule has 1 aromatic rings. The Labute approximate surface area is 95.4 Å². The molecule has 0 heterocycles. The Morgan fingerprint density at radius 3 is 2.31 bits per heavy atom. The molecule has 0 radical (unpaired) electrons. The predicted octanol–water partition coefficient (Wildman–Crippen LogP) is 2.43. The molecule has 1 aromatic carbocycles. The second-order valence-corrected chi connectivity index (χ2v) is 4.87. The molecular weight excluding hydrogens is 226 g/mol. The highest BCUT2D eigenvalue weighted by Crippen LogP contribution is 2.14. The maximum atomic E-state index is 11.6. The Morgan fingerprint density at radius 2 is 1.88 bits per heavy atom. The summed E-state index contributed by atoms with van der Waals surface area (Å²) >= 11 is 0. The maximum Gasteiger partial charge on any atom is 0.358 e. The highest BCUT2D eigenvalue weighted by Gasteiger charge is 2.14. The van der Waals surface area contributed by atoms with Crippen molar-refractivity contribution >= 4 is 21.9 Å². The van der Waals surface area contributed by atoms with Crippen molar-refractivity contribution in [3.05, 3.63) is 36.4 Å². The largest absolute Gasteiger partial charge is 0.358 e. The lowest BCUT2D eigenvalue weighted by molar-refractivity contribution is 0.338. The van der Waals surface area contributed by atoms with E-state index in [-0.39, 0.29) is 4.90 Å². The van der Waals surface area contributed by atoms with E-state index in [0.29, 0.717) is 5.71 Å². The van der Waals surface area contributed by atoms with E-state index in [9.17, 15) is 8.42 Å². The van der Waals surface area contributed by atoms with Gasteiger partial charge in [-0.15, -0.1) is 0 Å². The average molecular weight is 239 g/mol. The van der Waals surface area contributed by atoms with Gasteiger partial charge in [-0.25, -0.2) is 0 Å². The first-order valence-electron chi connectivity index (χ1n) is 4.63. The summed E-state index contributed by atoms with van der Waals surface area (Å²) in [5.74, 6) is 0. The third kappa shape index (κ3) is 3.20. The first kappa shape index (κ1) is 12.4. The summed E-state index contributed by atoms with van der Waals surface area (Å²) in [5, 5.41) is 3.42. The molecule has 0 amide bonds. The average Bonchev–Trinajstić information content (AvgIpc) is 2.27. The van der Waals surface area contributed by atoms with Gasteiger partial charge < -0.3 is 0 Å². The van der Waals surface area contributed by atoms with Crippen LogP contribution in [0.5, 0.6) is 0 Å². The molecule has 16 heavy (non-hydrogen) atoms. The van der Waals surface area contributed by atoms with Crippen LogP contribution >= 0.6 is 0 Å². The van der Waals surface area contributed by atoms with Crippen LogP contribution in [-0.4, -0.2) is 14.1 Å². The molecule has 0 unspecified atom stereocenters. The normalized spacial score (nSPS) is 10.6. The molecule has 0 spiro atoms. The smallest absolute Gasteiger partial charge is 0.265 e. The molecule has 0 aliphatic heterocycles. The standard InChI is InChI=1S/C11H13NO3S/c1-4-10-5-7-11(8-6-10)16(13,14)15-12-9(2)3/h4-8H,1H2,2-3H3. The van der Waals surface area contributed by atoms with Crippen molar-refractivity contribution in [3.63, 3.8) is 0 Å². The van der Waals surface area contributed by atoms with Crippen molar-refractivity contribution in [2.75, 3.05) is 0 Å². The highest BCUT2D eigenvalue weighted by atomic mass is 32.2. The molecule has 0 fully saturated rings. The van der Waals surface area contributed by atoms with Gasteiger partial charge in [-0.2, -0.15) is 8.42 Å². The minimum atomic E-state index is -3.80. The van der Waals surface area contributed by atoms with Gasteiger partial charge in [0.15, 0.2) is 0 Å². The Hall–Kier alpha value is -1.62. The van der Waals surface area contributed by atoms with Crippen molar-refractivity contribution in [1.82, 2.24) is 0 Å². The fourth-order valence-electron chi connectivity index (χ4n) is 0.937. The van der Waals surface area contributed by atoms with E-state index in [2.05, 4.69) is 16.0 Å². The molecule has 1 rings (SSSR count). The van der Waals surface area contributed by atoms with Crippen LogP contribution in [0.3, 0.4) is 0 Å². The number of hydrogen-bond acceptors (Lipinski definition) is 4. The van der Waals surface area contributed by atoms with Gasteiger partial charge in [-0.3, -0.25) is 4.28 Å². The zero-order valence-electron chi connectivity index (χ0n) is 9.17. The summed E-state index contributed by atoms with van der Waals surface area (Å²) in [4.78, 5) is 0.0723. The van der Waals surface area contributed by atoms with Crippen molar-refractivity contribution in [2.45, 2.75) is 18.7 Å². The van der Waals surface area contributed by atoms with E-state index < -0.39 is 10.1 Å². The number of rotatable bonds is 4. The summed E-state index contributed by atoms with van der Waals surface area (Å²) in [5.41, 5.74) is 1.38. The van der Waals surface area contributed by atoms with Gasteiger partial charge >= 0.3 is 10.1 Å². The molecule has 0 saturated heterocycles. The number of nitrogens with zero attached hydrogens (tertiary/aromatic N) is 1. The molecular formula is C11H13NO3S. The lowest BCUT2D eigenvalue weighted by Crippen LogP contribution is -2.03.